The van der Waals surface area contributed by atoms with Gasteiger partial charge in [-0.25, -0.2) is 0 Å². The molecule has 0 nitrogen and oxygen atoms in total. The van der Waals surface area contributed by atoms with Gasteiger partial charge in [0.05, 0.1) is 0 Å². The van der Waals surface area contributed by atoms with E-state index in [1.165, 1.54) is 44.1 Å². The Kier molecular flexibility index (Phi) is 3.91. The third-order valence-electron chi connectivity index (χ3n) is 3.46. The molecule has 0 aliphatic heterocycles. The summed E-state index contributed by atoms with van der Waals surface area (Å²) < 4.78 is 0. The number of benzene rings is 1. The molecule has 1 fully saturated rings. The first kappa shape index (κ1) is 11.6. The Morgan fingerprint density at radius 3 is 2.44 bits per heavy atom. The Hall–Kier alpha value is -0.930. The maximum atomic E-state index is 6.07. The van der Waals surface area contributed by atoms with Crippen molar-refractivity contribution in [1.29, 1.82) is 0 Å². The lowest BCUT2D eigenvalue weighted by Gasteiger charge is -2.16. The molecule has 0 unspecified atom stereocenters. The minimum atomic E-state index is 0.618. The summed E-state index contributed by atoms with van der Waals surface area (Å²) in [5.74, 6) is 3.40. The van der Waals surface area contributed by atoms with Crippen LogP contribution in [-0.4, -0.2) is 0 Å². The molecule has 0 atom stereocenters. The quantitative estimate of drug-likeness (QED) is 0.484. The van der Waals surface area contributed by atoms with E-state index in [4.69, 9.17) is 18.0 Å². The molecule has 0 N–H and O–H groups in total. The highest BCUT2D eigenvalue weighted by atomic mass is 35.5. The van der Waals surface area contributed by atoms with Crippen LogP contribution in [0.1, 0.15) is 55.6 Å². The number of hydrogen-bond acceptors (Lipinski definition) is 0. The van der Waals surface area contributed by atoms with E-state index in [0.717, 1.165) is 10.6 Å². The van der Waals surface area contributed by atoms with Gasteiger partial charge in [0.1, 0.15) is 0 Å². The first-order chi connectivity index (χ1) is 7.81. The normalized spacial score (nSPS) is 17.8. The fourth-order valence-corrected chi connectivity index (χ4v) is 2.77. The Morgan fingerprint density at radius 2 is 1.81 bits per heavy atom. The second-order valence-electron chi connectivity index (χ2n) is 4.56. The van der Waals surface area contributed by atoms with Crippen LogP contribution in [-0.2, 0) is 0 Å². The van der Waals surface area contributed by atoms with Gasteiger partial charge in [-0.2, -0.15) is 0 Å². The van der Waals surface area contributed by atoms with Gasteiger partial charge in [-0.15, -0.1) is 6.42 Å². The standard InChI is InChI=1S/C15H17Cl/c1-2-12-9-10-14(16)11-15(12)13-7-5-3-4-6-8-13/h1,9-11,13H,3-8H2. The van der Waals surface area contributed by atoms with Gasteiger partial charge in [-0.1, -0.05) is 43.2 Å². The molecule has 84 valence electrons. The summed E-state index contributed by atoms with van der Waals surface area (Å²) in [6.07, 6.45) is 13.4. The van der Waals surface area contributed by atoms with Crippen LogP contribution >= 0.6 is 11.6 Å². The van der Waals surface area contributed by atoms with E-state index in [1.807, 2.05) is 12.1 Å². The second kappa shape index (κ2) is 5.41. The molecule has 0 radical (unpaired) electrons. The number of halogens is 1. The largest absolute Gasteiger partial charge is 0.115 e. The zero-order valence-electron chi connectivity index (χ0n) is 9.51. The van der Waals surface area contributed by atoms with Crippen LogP contribution in [0, 0.1) is 12.3 Å². The van der Waals surface area contributed by atoms with Crippen molar-refractivity contribution in [3.8, 4) is 12.3 Å². The van der Waals surface area contributed by atoms with Gasteiger partial charge in [-0.05, 0) is 42.5 Å². The van der Waals surface area contributed by atoms with Crippen molar-refractivity contribution in [3.63, 3.8) is 0 Å². The number of terminal acetylenes is 1. The van der Waals surface area contributed by atoms with Crippen LogP contribution in [0.15, 0.2) is 18.2 Å². The fraction of sp³-hybridized carbons (Fsp3) is 0.467. The van der Waals surface area contributed by atoms with E-state index in [9.17, 15) is 0 Å². The molecule has 1 aliphatic carbocycles. The smallest absolute Gasteiger partial charge is 0.0409 e. The average Bonchev–Trinajstić information content (AvgIpc) is 2.57. The van der Waals surface area contributed by atoms with Crippen LogP contribution in [0.4, 0.5) is 0 Å². The van der Waals surface area contributed by atoms with Gasteiger partial charge in [0, 0.05) is 10.6 Å². The summed E-state index contributed by atoms with van der Waals surface area (Å²) in [4.78, 5) is 0. The van der Waals surface area contributed by atoms with E-state index in [0.29, 0.717) is 5.92 Å². The highest BCUT2D eigenvalue weighted by Gasteiger charge is 2.17. The summed E-state index contributed by atoms with van der Waals surface area (Å²) >= 11 is 6.07. The van der Waals surface area contributed by atoms with E-state index in [2.05, 4.69) is 12.0 Å². The summed E-state index contributed by atoms with van der Waals surface area (Å²) in [6.45, 7) is 0. The molecule has 1 saturated carbocycles. The minimum Gasteiger partial charge on any atom is -0.115 e. The van der Waals surface area contributed by atoms with Gasteiger partial charge in [0.15, 0.2) is 0 Å². The van der Waals surface area contributed by atoms with Crippen LogP contribution in [0.3, 0.4) is 0 Å². The van der Waals surface area contributed by atoms with Crippen molar-refractivity contribution in [2.45, 2.75) is 44.4 Å². The maximum Gasteiger partial charge on any atom is 0.0409 e. The first-order valence-corrected chi connectivity index (χ1v) is 6.45. The second-order valence-corrected chi connectivity index (χ2v) is 5.00. The Bertz CT molecular complexity index is 392. The molecule has 16 heavy (non-hydrogen) atoms. The highest BCUT2D eigenvalue weighted by Crippen LogP contribution is 2.34. The molecule has 1 aliphatic rings. The summed E-state index contributed by atoms with van der Waals surface area (Å²) in [6, 6.07) is 5.92. The van der Waals surface area contributed by atoms with Crippen molar-refractivity contribution < 1.29 is 0 Å². The third kappa shape index (κ3) is 2.60. The van der Waals surface area contributed by atoms with Gasteiger partial charge < -0.3 is 0 Å². The van der Waals surface area contributed by atoms with Crippen LogP contribution < -0.4 is 0 Å². The van der Waals surface area contributed by atoms with Gasteiger partial charge >= 0.3 is 0 Å². The van der Waals surface area contributed by atoms with Crippen molar-refractivity contribution in [3.05, 3.63) is 34.3 Å². The molecule has 0 saturated heterocycles. The van der Waals surface area contributed by atoms with Gasteiger partial charge in [0.2, 0.25) is 0 Å². The molecule has 0 amide bonds. The molecule has 2 rings (SSSR count). The molecule has 0 aromatic heterocycles. The fourth-order valence-electron chi connectivity index (χ4n) is 2.59. The topological polar surface area (TPSA) is 0 Å². The highest BCUT2D eigenvalue weighted by molar-refractivity contribution is 6.30. The number of rotatable bonds is 1. The van der Waals surface area contributed by atoms with Gasteiger partial charge in [0.25, 0.3) is 0 Å². The van der Waals surface area contributed by atoms with E-state index in [-0.39, 0.29) is 0 Å². The zero-order valence-corrected chi connectivity index (χ0v) is 10.3. The molecule has 0 heterocycles. The minimum absolute atomic E-state index is 0.618. The predicted molar refractivity (Wildman–Crippen MR) is 69.8 cm³/mol. The molecular formula is C15H17Cl. The summed E-state index contributed by atoms with van der Waals surface area (Å²) in [5, 5.41) is 0.804. The molecule has 1 aromatic rings. The molecular weight excluding hydrogens is 216 g/mol. The predicted octanol–water partition coefficient (Wildman–Crippen LogP) is 4.76. The zero-order chi connectivity index (χ0) is 11.4. The molecule has 1 heteroatoms. The Balaban J connectivity index is 2.30. The van der Waals surface area contributed by atoms with E-state index >= 15 is 0 Å². The van der Waals surface area contributed by atoms with Crippen molar-refractivity contribution in [2.24, 2.45) is 0 Å². The Labute approximate surface area is 103 Å². The average molecular weight is 233 g/mol. The lowest BCUT2D eigenvalue weighted by molar-refractivity contribution is 0.591. The van der Waals surface area contributed by atoms with Crippen molar-refractivity contribution in [2.75, 3.05) is 0 Å². The molecule has 0 bridgehead atoms. The van der Waals surface area contributed by atoms with Crippen molar-refractivity contribution >= 4 is 11.6 Å². The Morgan fingerprint density at radius 1 is 1.12 bits per heavy atom. The van der Waals surface area contributed by atoms with Crippen LogP contribution in [0.25, 0.3) is 0 Å². The van der Waals surface area contributed by atoms with Gasteiger partial charge in [-0.3, -0.25) is 0 Å². The molecule has 1 aromatic carbocycles. The summed E-state index contributed by atoms with van der Waals surface area (Å²) in [7, 11) is 0. The summed E-state index contributed by atoms with van der Waals surface area (Å²) in [5.41, 5.74) is 2.31. The lowest BCUT2D eigenvalue weighted by atomic mass is 9.88. The maximum absolute atomic E-state index is 6.07. The first-order valence-electron chi connectivity index (χ1n) is 6.07. The molecule has 0 spiro atoms. The van der Waals surface area contributed by atoms with E-state index in [1.54, 1.807) is 0 Å². The van der Waals surface area contributed by atoms with Crippen LogP contribution in [0.5, 0.6) is 0 Å². The SMILES string of the molecule is C#Cc1ccc(Cl)cc1C1CCCCCC1. The van der Waals surface area contributed by atoms with Crippen molar-refractivity contribution in [1.82, 2.24) is 0 Å². The monoisotopic (exact) mass is 232 g/mol. The third-order valence-corrected chi connectivity index (χ3v) is 3.70. The van der Waals surface area contributed by atoms with Crippen LogP contribution in [0.2, 0.25) is 5.02 Å². The number of hydrogen-bond donors (Lipinski definition) is 0. The van der Waals surface area contributed by atoms with E-state index < -0.39 is 0 Å². The lowest BCUT2D eigenvalue weighted by Crippen LogP contribution is -2.00.